The van der Waals surface area contributed by atoms with Gasteiger partial charge in [-0.15, -0.1) is 0 Å². The summed E-state index contributed by atoms with van der Waals surface area (Å²) in [4.78, 5) is 47.1. The van der Waals surface area contributed by atoms with Gasteiger partial charge in [-0.2, -0.15) is 0 Å². The highest BCUT2D eigenvalue weighted by molar-refractivity contribution is 14.1. The van der Waals surface area contributed by atoms with Crippen LogP contribution in [0.1, 0.15) is 87.4 Å². The maximum Gasteiger partial charge on any atom is 0.496 e. The number of amides is 2. The first-order chi connectivity index (χ1) is 19.8. The molecule has 1 fully saturated rings. The number of nitrogens with one attached hydrogen (secondary N) is 2. The van der Waals surface area contributed by atoms with Crippen molar-refractivity contribution in [2.45, 2.75) is 77.7 Å². The quantitative estimate of drug-likeness (QED) is 0.256. The van der Waals surface area contributed by atoms with Crippen molar-refractivity contribution in [3.8, 4) is 0 Å². The van der Waals surface area contributed by atoms with Gasteiger partial charge in [0.1, 0.15) is 11.4 Å². The monoisotopic (exact) mass is 696 g/mol. The van der Waals surface area contributed by atoms with Crippen LogP contribution < -0.4 is 16.1 Å². The Labute approximate surface area is 259 Å². The van der Waals surface area contributed by atoms with Crippen molar-refractivity contribution in [3.05, 3.63) is 39.5 Å². The van der Waals surface area contributed by atoms with Crippen LogP contribution >= 0.6 is 22.6 Å². The summed E-state index contributed by atoms with van der Waals surface area (Å²) in [5, 5.41) is 5.60. The molecule has 5 rings (SSSR count). The highest BCUT2D eigenvalue weighted by Crippen LogP contribution is 2.37. The fourth-order valence-corrected chi connectivity index (χ4v) is 5.58. The van der Waals surface area contributed by atoms with Gasteiger partial charge in [0.05, 0.1) is 49.3 Å². The molecule has 14 heteroatoms. The zero-order chi connectivity index (χ0) is 30.8. The lowest BCUT2D eigenvalue weighted by Crippen LogP contribution is -2.41. The summed E-state index contributed by atoms with van der Waals surface area (Å²) in [6.45, 7) is 13.1. The molecule has 42 heavy (non-hydrogen) atoms. The van der Waals surface area contributed by atoms with Crippen molar-refractivity contribution in [1.82, 2.24) is 19.8 Å². The molecule has 0 saturated carbocycles. The first-order valence-electron chi connectivity index (χ1n) is 14.1. The van der Waals surface area contributed by atoms with Gasteiger partial charge >= 0.3 is 19.1 Å². The number of fused-ring (bicyclic) bond motifs is 2. The third kappa shape index (κ3) is 6.86. The average Bonchev–Trinajstić information content (AvgIpc) is 3.58. The lowest BCUT2D eigenvalue weighted by atomic mass is 9.81. The predicted octanol–water partition coefficient (Wildman–Crippen LogP) is 2.36. The Morgan fingerprint density at radius 2 is 1.33 bits per heavy atom. The molecule has 0 radical (unpaired) electrons. The molecule has 2 N–H and O–H groups in total. The molecular formula is C28H38BIN4O8. The molecule has 2 atom stereocenters. The van der Waals surface area contributed by atoms with E-state index in [9.17, 15) is 19.2 Å². The second kappa shape index (κ2) is 12.8. The van der Waals surface area contributed by atoms with Gasteiger partial charge in [-0.1, -0.05) is 0 Å². The Kier molecular flexibility index (Phi) is 9.77. The number of esters is 2. The van der Waals surface area contributed by atoms with E-state index in [-0.39, 0.29) is 48.7 Å². The molecule has 2 aromatic heterocycles. The average molecular weight is 696 g/mol. The molecule has 12 nitrogen and oxygen atoms in total. The molecule has 5 heterocycles. The van der Waals surface area contributed by atoms with E-state index >= 15 is 0 Å². The molecule has 1 saturated heterocycles. The Bertz CT molecular complexity index is 1340. The Morgan fingerprint density at radius 3 is 1.81 bits per heavy atom. The van der Waals surface area contributed by atoms with Gasteiger partial charge in [0.25, 0.3) is 11.8 Å². The fourth-order valence-electron chi connectivity index (χ4n) is 4.99. The van der Waals surface area contributed by atoms with Gasteiger partial charge in [-0.25, -0.2) is 0 Å². The maximum atomic E-state index is 12.2. The SMILES string of the molecule is CCOC(=O)CC1CNC(=O)c2cc(B3OC(C)(C)C(C)(C)O3)cn21.CCOC(=O)CC1CNC(=O)c2cc(I)cn21. The first-order valence-corrected chi connectivity index (χ1v) is 15.2. The molecule has 2 unspecified atom stereocenters. The number of hydrogen-bond donors (Lipinski definition) is 2. The molecule has 2 amide bonds. The molecule has 0 spiro atoms. The smallest absolute Gasteiger partial charge is 0.466 e. The summed E-state index contributed by atoms with van der Waals surface area (Å²) < 4.78 is 26.8. The summed E-state index contributed by atoms with van der Waals surface area (Å²) in [5.41, 5.74) is 0.985. The minimum absolute atomic E-state index is 0.0507. The van der Waals surface area contributed by atoms with Crippen LogP contribution in [0, 0.1) is 3.57 Å². The summed E-state index contributed by atoms with van der Waals surface area (Å²) in [5.74, 6) is -0.764. The second-order valence-electron chi connectivity index (χ2n) is 11.4. The molecule has 2 aromatic rings. The third-order valence-electron chi connectivity index (χ3n) is 7.87. The molecule has 0 bridgehead atoms. The highest BCUT2D eigenvalue weighted by atomic mass is 127. The maximum absolute atomic E-state index is 12.2. The fraction of sp³-hybridized carbons (Fsp3) is 0.571. The number of nitrogens with zero attached hydrogens (tertiary/aromatic N) is 2. The van der Waals surface area contributed by atoms with E-state index in [4.69, 9.17) is 18.8 Å². The van der Waals surface area contributed by atoms with E-state index in [0.29, 0.717) is 37.7 Å². The van der Waals surface area contributed by atoms with Crippen molar-refractivity contribution in [2.75, 3.05) is 26.3 Å². The van der Waals surface area contributed by atoms with Crippen molar-refractivity contribution in [3.63, 3.8) is 0 Å². The zero-order valence-corrected chi connectivity index (χ0v) is 27.0. The van der Waals surface area contributed by atoms with Crippen molar-refractivity contribution >= 4 is 58.9 Å². The molecule has 0 aliphatic carbocycles. The third-order valence-corrected chi connectivity index (χ3v) is 8.46. The number of carbonyl (C=O) groups is 4. The lowest BCUT2D eigenvalue weighted by Gasteiger charge is -2.32. The summed E-state index contributed by atoms with van der Waals surface area (Å²) >= 11 is 2.15. The molecule has 0 aromatic carbocycles. The molecule has 3 aliphatic heterocycles. The van der Waals surface area contributed by atoms with Gasteiger partial charge < -0.3 is 38.6 Å². The largest absolute Gasteiger partial charge is 0.496 e. The van der Waals surface area contributed by atoms with E-state index in [1.54, 1.807) is 19.9 Å². The van der Waals surface area contributed by atoms with E-state index < -0.39 is 18.3 Å². The Hall–Kier alpha value is -2.85. The molecule has 3 aliphatic rings. The van der Waals surface area contributed by atoms with Crippen LogP contribution in [0.3, 0.4) is 0 Å². The highest BCUT2D eigenvalue weighted by Gasteiger charge is 2.52. The van der Waals surface area contributed by atoms with Crippen LogP contribution in [0.5, 0.6) is 0 Å². The van der Waals surface area contributed by atoms with E-state index in [2.05, 4.69) is 33.2 Å². The normalized spacial score (nSPS) is 21.7. The summed E-state index contributed by atoms with van der Waals surface area (Å²) in [6, 6.07) is 3.36. The first kappa shape index (κ1) is 32.1. The van der Waals surface area contributed by atoms with Crippen LogP contribution in [0.25, 0.3) is 0 Å². The number of carbonyl (C=O) groups excluding carboxylic acids is 4. The Balaban J connectivity index is 0.000000208. The van der Waals surface area contributed by atoms with Crippen molar-refractivity contribution < 1.29 is 38.0 Å². The minimum Gasteiger partial charge on any atom is -0.466 e. The van der Waals surface area contributed by atoms with Crippen molar-refractivity contribution in [2.24, 2.45) is 0 Å². The molecular weight excluding hydrogens is 658 g/mol. The van der Waals surface area contributed by atoms with Gasteiger partial charge in [0, 0.05) is 34.5 Å². The van der Waals surface area contributed by atoms with E-state index in [1.165, 1.54) is 0 Å². The van der Waals surface area contributed by atoms with E-state index in [0.717, 1.165) is 9.03 Å². The van der Waals surface area contributed by atoms with Gasteiger partial charge in [-0.3, -0.25) is 19.2 Å². The number of ether oxygens (including phenoxy) is 2. The van der Waals surface area contributed by atoms with Gasteiger partial charge in [0.15, 0.2) is 0 Å². The van der Waals surface area contributed by atoms with Crippen LogP contribution in [0.15, 0.2) is 24.5 Å². The van der Waals surface area contributed by atoms with Gasteiger partial charge in [0.2, 0.25) is 0 Å². The number of halogens is 1. The second-order valence-corrected chi connectivity index (χ2v) is 12.6. The number of hydrogen-bond acceptors (Lipinski definition) is 8. The van der Waals surface area contributed by atoms with E-state index in [1.807, 2.05) is 55.3 Å². The van der Waals surface area contributed by atoms with Crippen LogP contribution in [0.2, 0.25) is 0 Å². The topological polar surface area (TPSA) is 139 Å². The van der Waals surface area contributed by atoms with Crippen LogP contribution in [0.4, 0.5) is 0 Å². The van der Waals surface area contributed by atoms with Crippen LogP contribution in [-0.2, 0) is 28.4 Å². The number of aromatic nitrogens is 2. The van der Waals surface area contributed by atoms with Crippen LogP contribution in [-0.4, -0.2) is 77.5 Å². The number of rotatable bonds is 7. The lowest BCUT2D eigenvalue weighted by molar-refractivity contribution is -0.145. The predicted molar refractivity (Wildman–Crippen MR) is 163 cm³/mol. The van der Waals surface area contributed by atoms with Crippen molar-refractivity contribution in [1.29, 1.82) is 0 Å². The zero-order valence-electron chi connectivity index (χ0n) is 24.8. The Morgan fingerprint density at radius 1 is 0.881 bits per heavy atom. The standard InChI is InChI=1S/C17H25BN2O5.C11H13IN2O3/c1-6-23-14(21)8-12-9-19-15(22)13-7-11(10-20(12)13)18-24-16(2,3)17(4,5)25-18;1-2-17-10(15)4-8-5-13-11(16)9-3-7(12)6-14(8)9/h7,10,12H,6,8-9H2,1-5H3,(H,19,22);3,6,8H,2,4-5H2,1H3,(H,13,16). The summed E-state index contributed by atoms with van der Waals surface area (Å²) in [6.07, 6.45) is 4.23. The van der Waals surface area contributed by atoms with Gasteiger partial charge in [-0.05, 0) is 76.3 Å². The minimum atomic E-state index is -0.542. The summed E-state index contributed by atoms with van der Waals surface area (Å²) in [7, 11) is -0.542. The molecule has 228 valence electrons.